The summed E-state index contributed by atoms with van der Waals surface area (Å²) in [4.78, 5) is 52.8. The third-order valence-corrected chi connectivity index (χ3v) is 5.24. The zero-order valence-corrected chi connectivity index (χ0v) is 21.3. The van der Waals surface area contributed by atoms with Crippen molar-refractivity contribution in [2.24, 2.45) is 5.92 Å². The second-order valence-electron chi connectivity index (χ2n) is 10.1. The summed E-state index contributed by atoms with van der Waals surface area (Å²) in [7, 11) is 1.21. The van der Waals surface area contributed by atoms with Gasteiger partial charge in [0.2, 0.25) is 11.8 Å². The van der Waals surface area contributed by atoms with E-state index in [0.717, 1.165) is 0 Å². The van der Waals surface area contributed by atoms with E-state index in [1.54, 1.807) is 32.9 Å². The van der Waals surface area contributed by atoms with E-state index in [1.165, 1.54) is 24.1 Å². The summed E-state index contributed by atoms with van der Waals surface area (Å²) < 4.78 is 9.96. The molecule has 0 saturated heterocycles. The van der Waals surface area contributed by atoms with Crippen molar-refractivity contribution in [2.75, 3.05) is 13.7 Å². The quantitative estimate of drug-likeness (QED) is 0.428. The molecule has 0 bridgehead atoms. The van der Waals surface area contributed by atoms with Gasteiger partial charge in [0, 0.05) is 6.04 Å². The molecular weight excluding hydrogens is 454 g/mol. The first-order valence-electron chi connectivity index (χ1n) is 11.8. The summed E-state index contributed by atoms with van der Waals surface area (Å²) in [5.74, 6) is -1.67. The number of hydrogen-bond acceptors (Lipinski definition) is 7. The SMILES string of the molecule is COC(=O)CNC(=O)C(c1cccc(O)c1)N(C(=O)C(CC(C)C)NC(=O)OC(C)(C)C)C1CC1. The van der Waals surface area contributed by atoms with Crippen molar-refractivity contribution in [3.63, 3.8) is 0 Å². The zero-order valence-electron chi connectivity index (χ0n) is 21.3. The largest absolute Gasteiger partial charge is 0.508 e. The lowest BCUT2D eigenvalue weighted by atomic mass is 9.99. The highest BCUT2D eigenvalue weighted by Crippen LogP contribution is 2.36. The zero-order chi connectivity index (χ0) is 26.3. The van der Waals surface area contributed by atoms with E-state index in [4.69, 9.17) is 4.74 Å². The Morgan fingerprint density at radius 3 is 2.34 bits per heavy atom. The van der Waals surface area contributed by atoms with Crippen molar-refractivity contribution in [3.8, 4) is 5.75 Å². The number of alkyl carbamates (subject to hydrolysis) is 1. The van der Waals surface area contributed by atoms with E-state index in [9.17, 15) is 24.3 Å². The number of carbonyl (C=O) groups excluding carboxylic acids is 4. The normalized spacial score (nSPS) is 15.1. The van der Waals surface area contributed by atoms with Crippen LogP contribution >= 0.6 is 0 Å². The van der Waals surface area contributed by atoms with Crippen molar-refractivity contribution in [3.05, 3.63) is 29.8 Å². The molecule has 0 heterocycles. The standard InChI is InChI=1S/C25H37N3O7/c1-15(2)12-19(27-24(33)35-25(3,4)5)23(32)28(17-10-11-17)21(16-8-7-9-18(29)13-16)22(31)26-14-20(30)34-6/h7-9,13,15,17,19,21,29H,10-12,14H2,1-6H3,(H,26,31)(H,27,33). The number of methoxy groups -OCH3 is 1. The lowest BCUT2D eigenvalue weighted by molar-refractivity contribution is -0.145. The van der Waals surface area contributed by atoms with Gasteiger partial charge >= 0.3 is 12.1 Å². The Morgan fingerprint density at radius 1 is 1.17 bits per heavy atom. The first-order valence-corrected chi connectivity index (χ1v) is 11.8. The number of hydrogen-bond donors (Lipinski definition) is 3. The Kier molecular flexibility index (Phi) is 9.50. The molecule has 0 aromatic heterocycles. The Bertz CT molecular complexity index is 922. The smallest absolute Gasteiger partial charge is 0.408 e. The van der Waals surface area contributed by atoms with E-state index >= 15 is 0 Å². The fraction of sp³-hybridized carbons (Fsp3) is 0.600. The summed E-state index contributed by atoms with van der Waals surface area (Å²) in [6, 6.07) is 3.79. The van der Waals surface area contributed by atoms with Crippen molar-refractivity contribution in [1.29, 1.82) is 0 Å². The minimum Gasteiger partial charge on any atom is -0.508 e. The molecule has 194 valence electrons. The molecule has 1 fully saturated rings. The van der Waals surface area contributed by atoms with Crippen LogP contribution in [0.1, 0.15) is 65.5 Å². The van der Waals surface area contributed by atoms with Crippen LogP contribution in [0, 0.1) is 5.92 Å². The van der Waals surface area contributed by atoms with E-state index < -0.39 is 41.6 Å². The number of phenols is 1. The highest BCUT2D eigenvalue weighted by atomic mass is 16.6. The van der Waals surface area contributed by atoms with Crippen LogP contribution in [0.5, 0.6) is 5.75 Å². The number of nitrogens with one attached hydrogen (secondary N) is 2. The topological polar surface area (TPSA) is 134 Å². The average molecular weight is 492 g/mol. The molecule has 2 unspecified atom stereocenters. The van der Waals surface area contributed by atoms with Crippen molar-refractivity contribution < 1.29 is 33.8 Å². The third kappa shape index (κ3) is 8.77. The fourth-order valence-corrected chi connectivity index (χ4v) is 3.65. The molecule has 3 N–H and O–H groups in total. The van der Waals surface area contributed by atoms with Crippen LogP contribution in [-0.4, -0.2) is 65.2 Å². The van der Waals surface area contributed by atoms with Crippen molar-refractivity contribution in [2.45, 2.75) is 77.6 Å². The summed E-state index contributed by atoms with van der Waals surface area (Å²) in [5, 5.41) is 15.2. The molecule has 10 heteroatoms. The van der Waals surface area contributed by atoms with E-state index in [0.29, 0.717) is 24.8 Å². The van der Waals surface area contributed by atoms with E-state index in [1.807, 2.05) is 13.8 Å². The van der Waals surface area contributed by atoms with Gasteiger partial charge in [0.15, 0.2) is 0 Å². The minimum atomic E-state index is -1.12. The average Bonchev–Trinajstić information content (AvgIpc) is 3.57. The number of carbonyl (C=O) groups is 4. The highest BCUT2D eigenvalue weighted by molar-refractivity contribution is 5.93. The number of esters is 1. The third-order valence-electron chi connectivity index (χ3n) is 5.24. The van der Waals surface area contributed by atoms with Gasteiger partial charge < -0.3 is 30.1 Å². The predicted octanol–water partition coefficient (Wildman–Crippen LogP) is 2.65. The van der Waals surface area contributed by atoms with Gasteiger partial charge in [-0.2, -0.15) is 0 Å². The molecule has 10 nitrogen and oxygen atoms in total. The maximum Gasteiger partial charge on any atom is 0.408 e. The molecule has 1 aliphatic rings. The summed E-state index contributed by atoms with van der Waals surface area (Å²) >= 11 is 0. The number of benzene rings is 1. The van der Waals surface area contributed by atoms with Gasteiger partial charge in [-0.3, -0.25) is 14.4 Å². The molecule has 1 saturated carbocycles. The molecule has 1 aliphatic carbocycles. The Balaban J connectivity index is 2.42. The molecule has 2 atom stereocenters. The van der Waals surface area contributed by atoms with Crippen LogP contribution in [0.2, 0.25) is 0 Å². The lowest BCUT2D eigenvalue weighted by Crippen LogP contribution is -2.54. The van der Waals surface area contributed by atoms with Gasteiger partial charge in [0.1, 0.15) is 30.0 Å². The molecule has 35 heavy (non-hydrogen) atoms. The number of nitrogens with zero attached hydrogens (tertiary/aromatic N) is 1. The van der Waals surface area contributed by atoms with Crippen LogP contribution in [0.25, 0.3) is 0 Å². The number of ether oxygens (including phenoxy) is 2. The highest BCUT2D eigenvalue weighted by Gasteiger charge is 2.44. The van der Waals surface area contributed by atoms with E-state index in [2.05, 4.69) is 15.4 Å². The molecule has 0 radical (unpaired) electrons. The Morgan fingerprint density at radius 2 is 1.83 bits per heavy atom. The van der Waals surface area contributed by atoms with Gasteiger partial charge in [-0.05, 0) is 63.6 Å². The number of amides is 3. The predicted molar refractivity (Wildman–Crippen MR) is 128 cm³/mol. The summed E-state index contributed by atoms with van der Waals surface area (Å²) in [6.07, 6.45) is 0.979. The summed E-state index contributed by atoms with van der Waals surface area (Å²) in [6.45, 7) is 8.66. The number of rotatable bonds is 10. The second-order valence-corrected chi connectivity index (χ2v) is 10.1. The maximum atomic E-state index is 13.9. The number of phenolic OH excluding ortho intramolecular Hbond substituents is 1. The van der Waals surface area contributed by atoms with Crippen molar-refractivity contribution in [1.82, 2.24) is 15.5 Å². The number of aromatic hydroxyl groups is 1. The molecule has 3 amide bonds. The van der Waals surface area contributed by atoms with Gasteiger partial charge in [-0.1, -0.05) is 26.0 Å². The minimum absolute atomic E-state index is 0.0623. The van der Waals surface area contributed by atoms with Gasteiger partial charge in [-0.15, -0.1) is 0 Å². The van der Waals surface area contributed by atoms with Crippen molar-refractivity contribution >= 4 is 23.9 Å². The Hall–Kier alpha value is -3.30. The van der Waals surface area contributed by atoms with Gasteiger partial charge in [-0.25, -0.2) is 4.79 Å². The van der Waals surface area contributed by atoms with Crippen LogP contribution in [0.4, 0.5) is 4.79 Å². The van der Waals surface area contributed by atoms with Crippen LogP contribution in [0.15, 0.2) is 24.3 Å². The Labute approximate surface area is 206 Å². The lowest BCUT2D eigenvalue weighted by Gasteiger charge is -2.35. The van der Waals surface area contributed by atoms with Crippen LogP contribution < -0.4 is 10.6 Å². The fourth-order valence-electron chi connectivity index (χ4n) is 3.65. The molecule has 2 rings (SSSR count). The maximum absolute atomic E-state index is 13.9. The molecular formula is C25H37N3O7. The van der Waals surface area contributed by atoms with Crippen LogP contribution in [0.3, 0.4) is 0 Å². The van der Waals surface area contributed by atoms with Gasteiger partial charge in [0.05, 0.1) is 7.11 Å². The first-order chi connectivity index (χ1) is 16.3. The molecule has 0 aliphatic heterocycles. The summed E-state index contributed by atoms with van der Waals surface area (Å²) in [5.41, 5.74) is -0.364. The van der Waals surface area contributed by atoms with Gasteiger partial charge in [0.25, 0.3) is 0 Å². The molecule has 0 spiro atoms. The van der Waals surface area contributed by atoms with E-state index in [-0.39, 0.29) is 24.3 Å². The van der Waals surface area contributed by atoms with Crippen LogP contribution in [-0.2, 0) is 23.9 Å². The molecule has 1 aromatic rings. The molecule has 1 aromatic carbocycles. The second kappa shape index (κ2) is 11.9. The monoisotopic (exact) mass is 491 g/mol. The first kappa shape index (κ1) is 27.9.